The van der Waals surface area contributed by atoms with E-state index in [1.165, 1.54) is 11.0 Å². The molecule has 4 N–H and O–H groups in total. The van der Waals surface area contributed by atoms with Crippen LogP contribution in [0.4, 0.5) is 5.69 Å². The van der Waals surface area contributed by atoms with Gasteiger partial charge in [0.1, 0.15) is 6.04 Å². The molecule has 1 aliphatic rings. The third kappa shape index (κ3) is 3.02. The predicted molar refractivity (Wildman–Crippen MR) is 84.3 cm³/mol. The van der Waals surface area contributed by atoms with E-state index in [-0.39, 0.29) is 41.8 Å². The van der Waals surface area contributed by atoms with Crippen molar-refractivity contribution in [2.45, 2.75) is 25.1 Å². The van der Waals surface area contributed by atoms with Crippen LogP contribution >= 0.6 is 0 Å². The zero-order chi connectivity index (χ0) is 18.3. The van der Waals surface area contributed by atoms with Crippen molar-refractivity contribution in [3.8, 4) is 0 Å². The molecule has 1 aromatic carbocycles. The molecule has 11 heteroatoms. The number of aliphatic hydroxyl groups is 1. The third-order valence-electron chi connectivity index (χ3n) is 4.21. The fourth-order valence-electron chi connectivity index (χ4n) is 3.05. The second-order valence-electron chi connectivity index (χ2n) is 5.80. The smallest absolute Gasteiger partial charge is 0.323 e. The van der Waals surface area contributed by atoms with E-state index < -0.39 is 34.2 Å². The number of likely N-dealkylation sites (tertiary alicyclic amines) is 1. The Kier molecular flexibility index (Phi) is 4.10. The van der Waals surface area contributed by atoms with E-state index in [4.69, 9.17) is 0 Å². The molecule has 1 aromatic heterocycles. The maximum Gasteiger partial charge on any atom is 0.323 e. The van der Waals surface area contributed by atoms with Gasteiger partial charge in [0.15, 0.2) is 0 Å². The Morgan fingerprint density at radius 1 is 1.28 bits per heavy atom. The first-order valence-electron chi connectivity index (χ1n) is 7.36. The number of nitro benzene ring substituents is 1. The number of fused-ring (bicyclic) bond motifs is 1. The lowest BCUT2D eigenvalue weighted by Gasteiger charge is -2.22. The van der Waals surface area contributed by atoms with Gasteiger partial charge in [0, 0.05) is 24.7 Å². The number of nitrogens with zero attached hydrogens (tertiary/aromatic N) is 2. The number of benzene rings is 1. The van der Waals surface area contributed by atoms with E-state index in [1.54, 1.807) is 0 Å². The molecule has 0 bridgehead atoms. The summed E-state index contributed by atoms with van der Waals surface area (Å²) in [6, 6.07) is 1.28. The molecule has 2 heterocycles. The van der Waals surface area contributed by atoms with Crippen molar-refractivity contribution >= 4 is 22.7 Å². The van der Waals surface area contributed by atoms with Gasteiger partial charge in [0.25, 0.3) is 5.69 Å². The quantitative estimate of drug-likeness (QED) is 0.314. The minimum absolute atomic E-state index is 0.0938. The summed E-state index contributed by atoms with van der Waals surface area (Å²) >= 11 is 0. The highest BCUT2D eigenvalue weighted by Crippen LogP contribution is 2.28. The molecule has 1 aliphatic heterocycles. The lowest BCUT2D eigenvalue weighted by Crippen LogP contribution is -2.41. The summed E-state index contributed by atoms with van der Waals surface area (Å²) in [5, 5.41) is 30.3. The fourth-order valence-corrected chi connectivity index (χ4v) is 3.05. The van der Waals surface area contributed by atoms with Gasteiger partial charge in [-0.05, 0) is 12.5 Å². The normalized spacial score (nSPS) is 20.8. The Labute approximate surface area is 138 Å². The number of hydrogen-bond acceptors (Lipinski definition) is 7. The van der Waals surface area contributed by atoms with Crippen LogP contribution < -0.4 is 11.1 Å². The van der Waals surface area contributed by atoms with Crippen LogP contribution in [0.3, 0.4) is 0 Å². The lowest BCUT2D eigenvalue weighted by molar-refractivity contribution is -0.385. The Hall–Kier alpha value is -3.05. The van der Waals surface area contributed by atoms with Crippen LogP contribution in [0.5, 0.6) is 0 Å². The number of aliphatic hydroxyl groups excluding tert-OH is 1. The number of nitro groups is 1. The first-order valence-corrected chi connectivity index (χ1v) is 7.36. The zero-order valence-corrected chi connectivity index (χ0v) is 12.8. The number of hydrogen-bond donors (Lipinski definition) is 4. The SMILES string of the molecule is O=C(O)[C@H]1[C@H](O)CCN1Cc1cc2[nH]c(=O)c(=O)[nH]c2cc1[N+](=O)[O-]. The topological polar surface area (TPSA) is 170 Å². The number of aliphatic carboxylic acids is 1. The molecule has 0 unspecified atom stereocenters. The number of carbonyl (C=O) groups is 1. The summed E-state index contributed by atoms with van der Waals surface area (Å²) < 4.78 is 0. The van der Waals surface area contributed by atoms with Gasteiger partial charge in [-0.15, -0.1) is 0 Å². The molecule has 2 aromatic rings. The van der Waals surface area contributed by atoms with Crippen molar-refractivity contribution in [3.05, 3.63) is 48.5 Å². The zero-order valence-electron chi connectivity index (χ0n) is 12.8. The van der Waals surface area contributed by atoms with Crippen molar-refractivity contribution in [2.75, 3.05) is 6.54 Å². The molecular weight excluding hydrogens is 336 g/mol. The van der Waals surface area contributed by atoms with E-state index in [9.17, 15) is 34.7 Å². The second-order valence-corrected chi connectivity index (χ2v) is 5.80. The lowest BCUT2D eigenvalue weighted by atomic mass is 10.1. The van der Waals surface area contributed by atoms with E-state index in [0.717, 1.165) is 6.07 Å². The van der Waals surface area contributed by atoms with Gasteiger partial charge >= 0.3 is 17.1 Å². The molecule has 0 radical (unpaired) electrons. The fraction of sp³-hybridized carbons (Fsp3) is 0.357. The highest BCUT2D eigenvalue weighted by molar-refractivity contribution is 5.78. The summed E-state index contributed by atoms with van der Waals surface area (Å²) in [5.74, 6) is -1.22. The highest BCUT2D eigenvalue weighted by Gasteiger charge is 2.39. The van der Waals surface area contributed by atoms with Gasteiger partial charge < -0.3 is 20.2 Å². The van der Waals surface area contributed by atoms with Crippen molar-refractivity contribution in [2.24, 2.45) is 0 Å². The van der Waals surface area contributed by atoms with Crippen LogP contribution in [-0.4, -0.2) is 54.7 Å². The minimum Gasteiger partial charge on any atom is -0.480 e. The summed E-state index contributed by atoms with van der Waals surface area (Å²) in [6.07, 6.45) is -0.823. The number of aromatic amines is 2. The van der Waals surface area contributed by atoms with Crippen LogP contribution in [-0.2, 0) is 11.3 Å². The first-order chi connectivity index (χ1) is 11.8. The van der Waals surface area contributed by atoms with Crippen LogP contribution in [0.25, 0.3) is 11.0 Å². The Bertz CT molecular complexity index is 979. The van der Waals surface area contributed by atoms with E-state index in [0.29, 0.717) is 0 Å². The number of carboxylic acids is 1. The number of nitrogens with one attached hydrogen (secondary N) is 2. The second kappa shape index (κ2) is 6.11. The van der Waals surface area contributed by atoms with Gasteiger partial charge in [0.05, 0.1) is 22.1 Å². The molecule has 1 fully saturated rings. The standard InChI is InChI=1S/C14H14N4O7/c19-10-1-2-17(11(10)14(22)23)5-6-3-7-8(4-9(6)18(24)25)16-13(21)12(20)15-7/h3-4,10-11,19H,1-2,5H2,(H,15,20)(H,16,21)(H,22,23)/t10-,11-/m1/s1. The molecule has 1 saturated heterocycles. The molecule has 0 spiro atoms. The Balaban J connectivity index is 2.08. The van der Waals surface area contributed by atoms with Gasteiger partial charge in [-0.2, -0.15) is 0 Å². The molecule has 2 atom stereocenters. The molecule has 25 heavy (non-hydrogen) atoms. The van der Waals surface area contributed by atoms with Gasteiger partial charge in [-0.1, -0.05) is 0 Å². The van der Waals surface area contributed by atoms with E-state index >= 15 is 0 Å². The first kappa shape index (κ1) is 16.8. The highest BCUT2D eigenvalue weighted by atomic mass is 16.6. The maximum absolute atomic E-state index is 11.4. The average molecular weight is 350 g/mol. The number of carboxylic acid groups (broad SMARTS) is 1. The molecule has 0 saturated carbocycles. The Morgan fingerprint density at radius 2 is 1.88 bits per heavy atom. The van der Waals surface area contributed by atoms with Gasteiger partial charge in [-0.25, -0.2) is 0 Å². The number of rotatable bonds is 4. The molecule has 0 amide bonds. The number of H-pyrrole nitrogens is 2. The van der Waals surface area contributed by atoms with Crippen molar-refractivity contribution < 1.29 is 19.9 Å². The van der Waals surface area contributed by atoms with Crippen LogP contribution in [0.2, 0.25) is 0 Å². The van der Waals surface area contributed by atoms with Gasteiger partial charge in [0.2, 0.25) is 0 Å². The predicted octanol–water partition coefficient (Wildman–Crippen LogP) is -0.856. The minimum atomic E-state index is -1.22. The molecule has 11 nitrogen and oxygen atoms in total. The monoisotopic (exact) mass is 350 g/mol. The molecule has 3 rings (SSSR count). The summed E-state index contributed by atoms with van der Waals surface area (Å²) in [5.41, 5.74) is -1.69. The van der Waals surface area contributed by atoms with Crippen LogP contribution in [0.1, 0.15) is 12.0 Å². The van der Waals surface area contributed by atoms with Crippen molar-refractivity contribution in [1.29, 1.82) is 0 Å². The number of aromatic nitrogens is 2. The largest absolute Gasteiger partial charge is 0.480 e. The van der Waals surface area contributed by atoms with Crippen molar-refractivity contribution in [3.63, 3.8) is 0 Å². The van der Waals surface area contributed by atoms with E-state index in [2.05, 4.69) is 9.97 Å². The third-order valence-corrected chi connectivity index (χ3v) is 4.21. The summed E-state index contributed by atoms with van der Waals surface area (Å²) in [6.45, 7) is 0.164. The maximum atomic E-state index is 11.4. The van der Waals surface area contributed by atoms with Crippen LogP contribution in [0.15, 0.2) is 21.7 Å². The van der Waals surface area contributed by atoms with Crippen LogP contribution in [0, 0.1) is 10.1 Å². The summed E-state index contributed by atoms with van der Waals surface area (Å²) in [4.78, 5) is 50.8. The summed E-state index contributed by atoms with van der Waals surface area (Å²) in [7, 11) is 0. The molecule has 0 aliphatic carbocycles. The Morgan fingerprint density at radius 3 is 2.44 bits per heavy atom. The van der Waals surface area contributed by atoms with E-state index in [1.807, 2.05) is 0 Å². The average Bonchev–Trinajstić information content (AvgIpc) is 2.89. The van der Waals surface area contributed by atoms with Crippen molar-refractivity contribution in [1.82, 2.24) is 14.9 Å². The molecular formula is C14H14N4O7. The van der Waals surface area contributed by atoms with Gasteiger partial charge in [-0.3, -0.25) is 29.4 Å². The molecule has 132 valence electrons.